The zero-order valence-corrected chi connectivity index (χ0v) is 14.4. The van der Waals surface area contributed by atoms with Crippen LogP contribution in [0.15, 0.2) is 18.2 Å². The fourth-order valence-electron chi connectivity index (χ4n) is 3.80. The number of hydrogen-bond donors (Lipinski definition) is 2. The fraction of sp³-hybridized carbons (Fsp3) is 0.526. The number of carbonyl (C=O) groups is 3. The number of nitrogens with one attached hydrogen (secondary N) is 2. The van der Waals surface area contributed by atoms with Crippen molar-refractivity contribution in [2.24, 2.45) is 5.92 Å². The van der Waals surface area contributed by atoms with Crippen molar-refractivity contribution in [2.45, 2.75) is 44.6 Å². The Morgan fingerprint density at radius 3 is 2.88 bits per heavy atom. The van der Waals surface area contributed by atoms with Gasteiger partial charge in [0.15, 0.2) is 0 Å². The molecule has 1 aliphatic carbocycles. The number of amides is 3. The number of rotatable bonds is 3. The Balaban J connectivity index is 1.47. The Hall–Kier alpha value is -2.37. The van der Waals surface area contributed by atoms with Crippen LogP contribution < -0.4 is 10.6 Å². The molecular weight excluding hydrogens is 318 g/mol. The number of piperidine rings is 1. The van der Waals surface area contributed by atoms with Crippen LogP contribution in [0.25, 0.3) is 0 Å². The molecule has 4 rings (SSSR count). The van der Waals surface area contributed by atoms with Crippen LogP contribution in [0.2, 0.25) is 0 Å². The highest BCUT2D eigenvalue weighted by molar-refractivity contribution is 6.01. The van der Waals surface area contributed by atoms with Gasteiger partial charge in [0.2, 0.25) is 11.8 Å². The van der Waals surface area contributed by atoms with Crippen LogP contribution >= 0.6 is 0 Å². The number of hydrogen-bond acceptors (Lipinski definition) is 3. The van der Waals surface area contributed by atoms with Gasteiger partial charge in [0.25, 0.3) is 5.91 Å². The monoisotopic (exact) mass is 341 g/mol. The number of anilines is 1. The first-order valence-electron chi connectivity index (χ1n) is 8.98. The van der Waals surface area contributed by atoms with Gasteiger partial charge in [-0.1, -0.05) is 0 Å². The van der Waals surface area contributed by atoms with Crippen molar-refractivity contribution >= 4 is 23.4 Å². The summed E-state index contributed by atoms with van der Waals surface area (Å²) in [5, 5.41) is 5.94. The highest BCUT2D eigenvalue weighted by Gasteiger charge is 2.38. The third-order valence-electron chi connectivity index (χ3n) is 5.33. The van der Waals surface area contributed by atoms with E-state index in [1.807, 2.05) is 17.9 Å². The Labute approximate surface area is 147 Å². The number of nitrogens with zero attached hydrogens (tertiary/aromatic N) is 1. The van der Waals surface area contributed by atoms with E-state index >= 15 is 0 Å². The zero-order chi connectivity index (χ0) is 17.6. The van der Waals surface area contributed by atoms with Crippen molar-refractivity contribution in [3.05, 3.63) is 29.3 Å². The van der Waals surface area contributed by atoms with Crippen molar-refractivity contribution in [1.82, 2.24) is 10.2 Å². The predicted molar refractivity (Wildman–Crippen MR) is 93.2 cm³/mol. The SMILES string of the molecule is CC1(NC(=O)C2CC2)CCCN(C(=O)c2ccc3c(c2)CC(=O)N3)C1. The van der Waals surface area contributed by atoms with Crippen molar-refractivity contribution in [3.63, 3.8) is 0 Å². The Morgan fingerprint density at radius 2 is 2.12 bits per heavy atom. The molecular formula is C19H23N3O3. The van der Waals surface area contributed by atoms with Crippen LogP contribution in [0.1, 0.15) is 48.5 Å². The molecule has 0 spiro atoms. The van der Waals surface area contributed by atoms with Crippen LogP contribution in [0.5, 0.6) is 0 Å². The number of carbonyl (C=O) groups excluding carboxylic acids is 3. The van der Waals surface area contributed by atoms with Gasteiger partial charge in [0.05, 0.1) is 12.0 Å². The molecule has 1 aromatic rings. The minimum atomic E-state index is -0.359. The second-order valence-corrected chi connectivity index (χ2v) is 7.75. The third kappa shape index (κ3) is 3.25. The van der Waals surface area contributed by atoms with Crippen molar-refractivity contribution in [1.29, 1.82) is 0 Å². The molecule has 6 nitrogen and oxygen atoms in total. The van der Waals surface area contributed by atoms with Crippen LogP contribution in [0, 0.1) is 5.92 Å². The van der Waals surface area contributed by atoms with E-state index in [9.17, 15) is 14.4 Å². The first-order valence-corrected chi connectivity index (χ1v) is 8.98. The second-order valence-electron chi connectivity index (χ2n) is 7.75. The Bertz CT molecular complexity index is 756. The normalized spacial score (nSPS) is 25.3. The molecule has 2 N–H and O–H groups in total. The first-order chi connectivity index (χ1) is 11.9. The quantitative estimate of drug-likeness (QED) is 0.878. The predicted octanol–water partition coefficient (Wildman–Crippen LogP) is 1.70. The second kappa shape index (κ2) is 5.86. The van der Waals surface area contributed by atoms with Gasteiger partial charge in [-0.2, -0.15) is 0 Å². The summed E-state index contributed by atoms with van der Waals surface area (Å²) in [6, 6.07) is 5.37. The van der Waals surface area contributed by atoms with E-state index in [0.29, 0.717) is 25.1 Å². The lowest BCUT2D eigenvalue weighted by molar-refractivity contribution is -0.124. The van der Waals surface area contributed by atoms with Crippen LogP contribution in [0.3, 0.4) is 0 Å². The van der Waals surface area contributed by atoms with Gasteiger partial charge in [-0.3, -0.25) is 14.4 Å². The summed E-state index contributed by atoms with van der Waals surface area (Å²) in [7, 11) is 0. The standard InChI is InChI=1S/C19H23N3O3/c1-19(21-17(24)12-3-4-12)7-2-8-22(11-19)18(25)13-5-6-15-14(9-13)10-16(23)20-15/h5-6,9,12H,2-4,7-8,10-11H2,1H3,(H,20,23)(H,21,24). The van der Waals surface area contributed by atoms with Gasteiger partial charge in [-0.05, 0) is 56.4 Å². The molecule has 2 aliphatic heterocycles. The Morgan fingerprint density at radius 1 is 1.32 bits per heavy atom. The molecule has 0 bridgehead atoms. The smallest absolute Gasteiger partial charge is 0.253 e. The minimum Gasteiger partial charge on any atom is -0.349 e. The third-order valence-corrected chi connectivity index (χ3v) is 5.33. The Kier molecular flexibility index (Phi) is 3.78. The maximum absolute atomic E-state index is 12.9. The highest BCUT2D eigenvalue weighted by atomic mass is 16.2. The molecule has 1 aromatic carbocycles. The van der Waals surface area contributed by atoms with E-state index in [0.717, 1.165) is 36.9 Å². The molecule has 0 radical (unpaired) electrons. The zero-order valence-electron chi connectivity index (χ0n) is 14.4. The molecule has 1 unspecified atom stereocenters. The molecule has 132 valence electrons. The summed E-state index contributed by atoms with van der Waals surface area (Å²) < 4.78 is 0. The maximum Gasteiger partial charge on any atom is 0.253 e. The molecule has 2 fully saturated rings. The number of fused-ring (bicyclic) bond motifs is 1. The lowest BCUT2D eigenvalue weighted by Gasteiger charge is -2.41. The van der Waals surface area contributed by atoms with Gasteiger partial charge in [0, 0.05) is 30.3 Å². The average molecular weight is 341 g/mol. The molecule has 0 aromatic heterocycles. The van der Waals surface area contributed by atoms with E-state index in [1.165, 1.54) is 0 Å². The first kappa shape index (κ1) is 16.1. The molecule has 6 heteroatoms. The summed E-state index contributed by atoms with van der Waals surface area (Å²) in [5.41, 5.74) is 1.91. The average Bonchev–Trinajstić information content (AvgIpc) is 3.35. The van der Waals surface area contributed by atoms with Gasteiger partial charge < -0.3 is 15.5 Å². The van der Waals surface area contributed by atoms with Crippen LogP contribution in [-0.2, 0) is 16.0 Å². The van der Waals surface area contributed by atoms with E-state index in [-0.39, 0.29) is 29.2 Å². The number of likely N-dealkylation sites (tertiary alicyclic amines) is 1. The largest absolute Gasteiger partial charge is 0.349 e. The van der Waals surface area contributed by atoms with Gasteiger partial charge >= 0.3 is 0 Å². The van der Waals surface area contributed by atoms with Gasteiger partial charge in [-0.15, -0.1) is 0 Å². The molecule has 1 saturated carbocycles. The maximum atomic E-state index is 12.9. The summed E-state index contributed by atoms with van der Waals surface area (Å²) in [6.45, 7) is 3.25. The summed E-state index contributed by atoms with van der Waals surface area (Å²) >= 11 is 0. The van der Waals surface area contributed by atoms with Gasteiger partial charge in [0.1, 0.15) is 0 Å². The van der Waals surface area contributed by atoms with Crippen molar-refractivity contribution in [2.75, 3.05) is 18.4 Å². The van der Waals surface area contributed by atoms with Crippen molar-refractivity contribution in [3.8, 4) is 0 Å². The molecule has 2 heterocycles. The molecule has 1 atom stereocenters. The van der Waals surface area contributed by atoms with E-state index in [2.05, 4.69) is 10.6 Å². The molecule has 3 aliphatic rings. The van der Waals surface area contributed by atoms with Crippen LogP contribution in [0.4, 0.5) is 5.69 Å². The van der Waals surface area contributed by atoms with Gasteiger partial charge in [-0.25, -0.2) is 0 Å². The van der Waals surface area contributed by atoms with E-state index < -0.39 is 0 Å². The molecule has 1 saturated heterocycles. The summed E-state index contributed by atoms with van der Waals surface area (Å²) in [5.74, 6) is 0.227. The summed E-state index contributed by atoms with van der Waals surface area (Å²) in [4.78, 5) is 38.3. The van der Waals surface area contributed by atoms with E-state index in [1.54, 1.807) is 12.1 Å². The summed E-state index contributed by atoms with van der Waals surface area (Å²) in [6.07, 6.45) is 4.04. The highest BCUT2D eigenvalue weighted by Crippen LogP contribution is 2.31. The topological polar surface area (TPSA) is 78.5 Å². The van der Waals surface area contributed by atoms with Crippen LogP contribution in [-0.4, -0.2) is 41.2 Å². The fourth-order valence-corrected chi connectivity index (χ4v) is 3.80. The lowest BCUT2D eigenvalue weighted by atomic mass is 9.90. The molecule has 3 amide bonds. The minimum absolute atomic E-state index is 0.0336. The number of benzene rings is 1. The van der Waals surface area contributed by atoms with Crippen molar-refractivity contribution < 1.29 is 14.4 Å². The van der Waals surface area contributed by atoms with E-state index in [4.69, 9.17) is 0 Å². The molecule has 25 heavy (non-hydrogen) atoms. The lowest BCUT2D eigenvalue weighted by Crippen LogP contribution is -2.58.